The van der Waals surface area contributed by atoms with Gasteiger partial charge in [-0.1, -0.05) is 12.1 Å². The van der Waals surface area contributed by atoms with E-state index in [1.54, 1.807) is 7.11 Å². The molecule has 4 nitrogen and oxygen atoms in total. The average Bonchev–Trinajstić information content (AvgIpc) is 2.53. The lowest BCUT2D eigenvalue weighted by Gasteiger charge is -2.26. The highest BCUT2D eigenvalue weighted by Crippen LogP contribution is 2.19. The summed E-state index contributed by atoms with van der Waals surface area (Å²) >= 11 is 0. The fraction of sp³-hybridized carbons (Fsp3) is 0.625. The Bertz CT molecular complexity index is 375. The van der Waals surface area contributed by atoms with Crippen LogP contribution in [-0.2, 0) is 11.2 Å². The molecule has 1 aliphatic heterocycles. The summed E-state index contributed by atoms with van der Waals surface area (Å²) in [5.74, 6) is 6.57. The largest absolute Gasteiger partial charge is 0.497 e. The van der Waals surface area contributed by atoms with Gasteiger partial charge in [0.15, 0.2) is 0 Å². The molecule has 3 N–H and O–H groups in total. The fourth-order valence-corrected chi connectivity index (χ4v) is 2.71. The highest BCUT2D eigenvalue weighted by molar-refractivity contribution is 5.27. The summed E-state index contributed by atoms with van der Waals surface area (Å²) in [5.41, 5.74) is 4.25. The molecule has 4 heteroatoms. The molecular formula is C16H26N2O2. The summed E-state index contributed by atoms with van der Waals surface area (Å²) in [6.45, 7) is 0.903. The van der Waals surface area contributed by atoms with Crippen LogP contribution in [0.5, 0.6) is 5.75 Å². The molecule has 1 aromatic rings. The molecule has 2 unspecified atom stereocenters. The summed E-state index contributed by atoms with van der Waals surface area (Å²) in [4.78, 5) is 0. The van der Waals surface area contributed by atoms with Crippen LogP contribution in [0.2, 0.25) is 0 Å². The number of ether oxygens (including phenoxy) is 2. The fourth-order valence-electron chi connectivity index (χ4n) is 2.71. The topological polar surface area (TPSA) is 56.5 Å². The molecule has 0 radical (unpaired) electrons. The lowest BCUT2D eigenvalue weighted by Crippen LogP contribution is -2.39. The van der Waals surface area contributed by atoms with Crippen LogP contribution in [0.4, 0.5) is 0 Å². The summed E-state index contributed by atoms with van der Waals surface area (Å²) in [5, 5.41) is 0. The molecule has 0 aliphatic carbocycles. The van der Waals surface area contributed by atoms with Crippen molar-refractivity contribution < 1.29 is 9.47 Å². The van der Waals surface area contributed by atoms with Crippen LogP contribution in [0, 0.1) is 0 Å². The van der Waals surface area contributed by atoms with Crippen molar-refractivity contribution in [2.75, 3.05) is 13.7 Å². The van der Waals surface area contributed by atoms with Crippen LogP contribution in [0.1, 0.15) is 37.7 Å². The summed E-state index contributed by atoms with van der Waals surface area (Å²) in [6, 6.07) is 8.56. The third-order valence-electron chi connectivity index (χ3n) is 4.00. The monoisotopic (exact) mass is 278 g/mol. The number of benzene rings is 1. The molecule has 2 rings (SSSR count). The number of aryl methyl sites for hydroxylation is 1. The van der Waals surface area contributed by atoms with Crippen LogP contribution < -0.4 is 16.0 Å². The van der Waals surface area contributed by atoms with Gasteiger partial charge in [-0.25, -0.2) is 0 Å². The molecule has 1 aromatic carbocycles. The molecule has 112 valence electrons. The van der Waals surface area contributed by atoms with Crippen molar-refractivity contribution in [3.8, 4) is 5.75 Å². The lowest BCUT2D eigenvalue weighted by molar-refractivity contribution is 0.00472. The second-order valence-corrected chi connectivity index (χ2v) is 5.47. The molecule has 1 aliphatic rings. The molecular weight excluding hydrogens is 252 g/mol. The van der Waals surface area contributed by atoms with E-state index >= 15 is 0 Å². The highest BCUT2D eigenvalue weighted by atomic mass is 16.5. The Morgan fingerprint density at radius 1 is 1.35 bits per heavy atom. The summed E-state index contributed by atoms with van der Waals surface area (Å²) < 4.78 is 10.9. The Labute approximate surface area is 121 Å². The Kier molecular flexibility index (Phi) is 6.30. The standard InChI is InChI=1S/C16H26N2O2/c1-19-15-9-6-13(7-10-15)5-8-14(18-17)12-16-4-2-3-11-20-16/h6-7,9-10,14,16,18H,2-5,8,11-12,17H2,1H3. The average molecular weight is 278 g/mol. The second kappa shape index (κ2) is 8.25. The number of hydrogen-bond acceptors (Lipinski definition) is 4. The maximum atomic E-state index is 5.78. The highest BCUT2D eigenvalue weighted by Gasteiger charge is 2.18. The molecule has 0 bridgehead atoms. The molecule has 2 atom stereocenters. The Hall–Kier alpha value is -1.10. The Morgan fingerprint density at radius 3 is 2.75 bits per heavy atom. The summed E-state index contributed by atoms with van der Waals surface area (Å²) in [6.07, 6.45) is 7.08. The van der Waals surface area contributed by atoms with Gasteiger partial charge in [-0.15, -0.1) is 0 Å². The van der Waals surface area contributed by atoms with Gasteiger partial charge in [0.25, 0.3) is 0 Å². The normalized spacial score (nSPS) is 20.6. The van der Waals surface area contributed by atoms with Crippen LogP contribution in [0.25, 0.3) is 0 Å². The van der Waals surface area contributed by atoms with Crippen LogP contribution in [0.3, 0.4) is 0 Å². The van der Waals surface area contributed by atoms with Gasteiger partial charge < -0.3 is 9.47 Å². The number of methoxy groups -OCH3 is 1. The van der Waals surface area contributed by atoms with Crippen molar-refractivity contribution in [1.29, 1.82) is 0 Å². The van der Waals surface area contributed by atoms with Gasteiger partial charge in [0.1, 0.15) is 5.75 Å². The number of nitrogens with one attached hydrogen (secondary N) is 1. The summed E-state index contributed by atoms with van der Waals surface area (Å²) in [7, 11) is 1.69. The van der Waals surface area contributed by atoms with Crippen molar-refractivity contribution in [2.45, 2.75) is 50.7 Å². The molecule has 0 amide bonds. The molecule has 0 aromatic heterocycles. The Morgan fingerprint density at radius 2 is 2.15 bits per heavy atom. The van der Waals surface area contributed by atoms with E-state index in [4.69, 9.17) is 15.3 Å². The van der Waals surface area contributed by atoms with E-state index in [0.717, 1.165) is 31.6 Å². The zero-order valence-electron chi connectivity index (χ0n) is 12.3. The SMILES string of the molecule is COc1ccc(CCC(CC2CCCCO2)NN)cc1. The molecule has 0 spiro atoms. The Balaban J connectivity index is 1.77. The maximum absolute atomic E-state index is 5.78. The van der Waals surface area contributed by atoms with Crippen molar-refractivity contribution in [1.82, 2.24) is 5.43 Å². The van der Waals surface area contributed by atoms with E-state index in [9.17, 15) is 0 Å². The minimum atomic E-state index is 0.320. The van der Waals surface area contributed by atoms with E-state index in [-0.39, 0.29) is 0 Å². The minimum absolute atomic E-state index is 0.320. The second-order valence-electron chi connectivity index (χ2n) is 5.47. The minimum Gasteiger partial charge on any atom is -0.497 e. The molecule has 0 saturated carbocycles. The predicted octanol–water partition coefficient (Wildman–Crippen LogP) is 2.42. The first-order valence-electron chi connectivity index (χ1n) is 7.52. The van der Waals surface area contributed by atoms with E-state index in [1.165, 1.54) is 24.8 Å². The van der Waals surface area contributed by atoms with Gasteiger partial charge in [0.2, 0.25) is 0 Å². The van der Waals surface area contributed by atoms with Crippen LogP contribution in [-0.4, -0.2) is 25.9 Å². The molecule has 1 saturated heterocycles. The smallest absolute Gasteiger partial charge is 0.118 e. The van der Waals surface area contributed by atoms with Crippen molar-refractivity contribution in [3.63, 3.8) is 0 Å². The number of rotatable bonds is 7. The van der Waals surface area contributed by atoms with Crippen LogP contribution in [0.15, 0.2) is 24.3 Å². The van der Waals surface area contributed by atoms with Gasteiger partial charge in [-0.3, -0.25) is 11.3 Å². The third-order valence-corrected chi connectivity index (χ3v) is 4.00. The van der Waals surface area contributed by atoms with E-state index in [1.807, 2.05) is 12.1 Å². The van der Waals surface area contributed by atoms with E-state index in [2.05, 4.69) is 17.6 Å². The first kappa shape index (κ1) is 15.3. The van der Waals surface area contributed by atoms with Gasteiger partial charge >= 0.3 is 0 Å². The predicted molar refractivity (Wildman–Crippen MR) is 80.6 cm³/mol. The van der Waals surface area contributed by atoms with Gasteiger partial charge in [0.05, 0.1) is 13.2 Å². The van der Waals surface area contributed by atoms with Gasteiger partial charge in [-0.2, -0.15) is 0 Å². The third kappa shape index (κ3) is 4.78. The number of hydrazine groups is 1. The lowest BCUT2D eigenvalue weighted by atomic mass is 9.97. The quantitative estimate of drug-likeness (QED) is 0.594. The maximum Gasteiger partial charge on any atom is 0.118 e. The van der Waals surface area contributed by atoms with E-state index < -0.39 is 0 Å². The van der Waals surface area contributed by atoms with Crippen LogP contribution >= 0.6 is 0 Å². The van der Waals surface area contributed by atoms with Crippen molar-refractivity contribution in [3.05, 3.63) is 29.8 Å². The zero-order chi connectivity index (χ0) is 14.2. The molecule has 1 heterocycles. The van der Waals surface area contributed by atoms with Crippen molar-refractivity contribution in [2.24, 2.45) is 5.84 Å². The number of nitrogens with two attached hydrogens (primary N) is 1. The van der Waals surface area contributed by atoms with Gasteiger partial charge in [-0.05, 0) is 56.2 Å². The first-order chi connectivity index (χ1) is 9.81. The number of hydrogen-bond donors (Lipinski definition) is 2. The molecule has 1 fully saturated rings. The zero-order valence-corrected chi connectivity index (χ0v) is 12.3. The first-order valence-corrected chi connectivity index (χ1v) is 7.52. The van der Waals surface area contributed by atoms with Gasteiger partial charge in [0, 0.05) is 12.6 Å². The molecule has 20 heavy (non-hydrogen) atoms. The van der Waals surface area contributed by atoms with E-state index in [0.29, 0.717) is 12.1 Å². The van der Waals surface area contributed by atoms with Crippen molar-refractivity contribution >= 4 is 0 Å².